The molecule has 0 spiro atoms. The highest BCUT2D eigenvalue weighted by Gasteiger charge is 2.20. The van der Waals surface area contributed by atoms with Gasteiger partial charge in [0.15, 0.2) is 5.58 Å². The maximum atomic E-state index is 11.5. The standard InChI is InChI=1S/C14H18N2O2/c1-9-7-11(5-6-15-9)10-3-4-12-13(8-10)18-14(17)16(12)2/h3-4,8-9,11,15H,5-7H2,1-2H3/t9-,11?/m1/s1. The van der Waals surface area contributed by atoms with Gasteiger partial charge in [0.1, 0.15) is 0 Å². The molecule has 1 aliphatic heterocycles. The molecule has 1 aliphatic rings. The fourth-order valence-corrected chi connectivity index (χ4v) is 2.84. The average molecular weight is 246 g/mol. The Hall–Kier alpha value is -1.55. The minimum absolute atomic E-state index is 0.291. The Labute approximate surface area is 106 Å². The van der Waals surface area contributed by atoms with E-state index in [0.29, 0.717) is 17.5 Å². The highest BCUT2D eigenvalue weighted by atomic mass is 16.4. The first-order valence-corrected chi connectivity index (χ1v) is 6.48. The summed E-state index contributed by atoms with van der Waals surface area (Å²) in [6, 6.07) is 6.70. The fraction of sp³-hybridized carbons (Fsp3) is 0.500. The van der Waals surface area contributed by atoms with Crippen LogP contribution >= 0.6 is 0 Å². The van der Waals surface area contributed by atoms with Crippen molar-refractivity contribution in [1.29, 1.82) is 0 Å². The Balaban J connectivity index is 2.00. The van der Waals surface area contributed by atoms with Gasteiger partial charge >= 0.3 is 5.76 Å². The van der Waals surface area contributed by atoms with Crippen molar-refractivity contribution in [3.8, 4) is 0 Å². The van der Waals surface area contributed by atoms with Crippen molar-refractivity contribution in [2.24, 2.45) is 7.05 Å². The van der Waals surface area contributed by atoms with Gasteiger partial charge in [0, 0.05) is 13.1 Å². The molecule has 0 amide bonds. The predicted molar refractivity (Wildman–Crippen MR) is 70.9 cm³/mol. The molecule has 2 heterocycles. The number of benzene rings is 1. The Morgan fingerprint density at radius 1 is 1.44 bits per heavy atom. The molecular weight excluding hydrogens is 228 g/mol. The molecule has 0 bridgehead atoms. The third-order valence-corrected chi connectivity index (χ3v) is 3.91. The second-order valence-electron chi connectivity index (χ2n) is 5.23. The smallest absolute Gasteiger partial charge is 0.408 e. The minimum Gasteiger partial charge on any atom is -0.408 e. The van der Waals surface area contributed by atoms with E-state index in [2.05, 4.69) is 18.3 Å². The minimum atomic E-state index is -0.291. The van der Waals surface area contributed by atoms with E-state index >= 15 is 0 Å². The molecule has 1 saturated heterocycles. The molecule has 1 fully saturated rings. The zero-order valence-electron chi connectivity index (χ0n) is 10.8. The van der Waals surface area contributed by atoms with E-state index in [-0.39, 0.29) is 5.76 Å². The summed E-state index contributed by atoms with van der Waals surface area (Å²) in [7, 11) is 1.74. The molecule has 1 N–H and O–H groups in total. The molecule has 1 aromatic heterocycles. The molecule has 96 valence electrons. The van der Waals surface area contributed by atoms with E-state index in [0.717, 1.165) is 24.9 Å². The number of nitrogens with zero attached hydrogens (tertiary/aromatic N) is 1. The lowest BCUT2D eigenvalue weighted by Gasteiger charge is -2.28. The summed E-state index contributed by atoms with van der Waals surface area (Å²) >= 11 is 0. The Kier molecular flexibility index (Phi) is 2.74. The van der Waals surface area contributed by atoms with E-state index in [4.69, 9.17) is 4.42 Å². The first-order valence-electron chi connectivity index (χ1n) is 6.48. The van der Waals surface area contributed by atoms with Crippen molar-refractivity contribution in [3.63, 3.8) is 0 Å². The molecule has 2 aromatic rings. The van der Waals surface area contributed by atoms with Crippen molar-refractivity contribution in [3.05, 3.63) is 34.3 Å². The summed E-state index contributed by atoms with van der Waals surface area (Å²) < 4.78 is 6.79. The molecule has 4 nitrogen and oxygen atoms in total. The van der Waals surface area contributed by atoms with Crippen molar-refractivity contribution >= 4 is 11.1 Å². The fourth-order valence-electron chi connectivity index (χ4n) is 2.84. The first kappa shape index (κ1) is 11.5. The second kappa shape index (κ2) is 4.28. The van der Waals surface area contributed by atoms with Gasteiger partial charge in [0.05, 0.1) is 5.52 Å². The zero-order chi connectivity index (χ0) is 12.7. The zero-order valence-corrected chi connectivity index (χ0v) is 10.8. The van der Waals surface area contributed by atoms with E-state index in [1.807, 2.05) is 12.1 Å². The SMILES string of the molecule is C[C@@H]1CC(c2ccc3c(c2)oc(=O)n3C)CCN1. The molecule has 0 aliphatic carbocycles. The number of hydrogen-bond donors (Lipinski definition) is 1. The van der Waals surface area contributed by atoms with Crippen molar-refractivity contribution < 1.29 is 4.42 Å². The van der Waals surface area contributed by atoms with Crippen molar-refractivity contribution in [2.75, 3.05) is 6.54 Å². The molecule has 4 heteroatoms. The van der Waals surface area contributed by atoms with E-state index in [1.165, 1.54) is 5.56 Å². The van der Waals surface area contributed by atoms with Crippen LogP contribution in [-0.4, -0.2) is 17.2 Å². The Morgan fingerprint density at radius 3 is 3.06 bits per heavy atom. The summed E-state index contributed by atoms with van der Waals surface area (Å²) in [5.41, 5.74) is 2.85. The number of fused-ring (bicyclic) bond motifs is 1. The van der Waals surface area contributed by atoms with Crippen LogP contribution in [-0.2, 0) is 7.05 Å². The lowest BCUT2D eigenvalue weighted by Crippen LogP contribution is -2.34. The summed E-state index contributed by atoms with van der Waals surface area (Å²) in [4.78, 5) is 11.5. The van der Waals surface area contributed by atoms with Gasteiger partial charge in [-0.1, -0.05) is 6.07 Å². The van der Waals surface area contributed by atoms with Gasteiger partial charge in [-0.05, 0) is 49.9 Å². The maximum absolute atomic E-state index is 11.5. The molecule has 2 atom stereocenters. The lowest BCUT2D eigenvalue weighted by molar-refractivity contribution is 0.381. The summed E-state index contributed by atoms with van der Waals surface area (Å²) in [5.74, 6) is 0.275. The number of nitrogens with one attached hydrogen (secondary N) is 1. The third kappa shape index (κ3) is 1.86. The summed E-state index contributed by atoms with van der Waals surface area (Å²) in [6.07, 6.45) is 2.29. The molecule has 0 radical (unpaired) electrons. The van der Waals surface area contributed by atoms with Crippen LogP contribution in [0.3, 0.4) is 0 Å². The first-order chi connectivity index (χ1) is 8.65. The van der Waals surface area contributed by atoms with Crippen LogP contribution in [0.15, 0.2) is 27.4 Å². The number of aromatic nitrogens is 1. The van der Waals surface area contributed by atoms with Crippen molar-refractivity contribution in [1.82, 2.24) is 9.88 Å². The monoisotopic (exact) mass is 246 g/mol. The van der Waals surface area contributed by atoms with Crippen LogP contribution in [0, 0.1) is 0 Å². The second-order valence-corrected chi connectivity index (χ2v) is 5.23. The van der Waals surface area contributed by atoms with Gasteiger partial charge < -0.3 is 9.73 Å². The maximum Gasteiger partial charge on any atom is 0.419 e. The van der Waals surface area contributed by atoms with E-state index < -0.39 is 0 Å². The number of hydrogen-bond acceptors (Lipinski definition) is 3. The number of oxazole rings is 1. The quantitative estimate of drug-likeness (QED) is 0.837. The topological polar surface area (TPSA) is 47.2 Å². The Morgan fingerprint density at radius 2 is 2.28 bits per heavy atom. The van der Waals surface area contributed by atoms with Gasteiger partial charge in [-0.15, -0.1) is 0 Å². The molecule has 0 saturated carbocycles. The number of piperidine rings is 1. The summed E-state index contributed by atoms with van der Waals surface area (Å²) in [5, 5.41) is 3.45. The van der Waals surface area contributed by atoms with Crippen LogP contribution < -0.4 is 11.1 Å². The van der Waals surface area contributed by atoms with Crippen LogP contribution in [0.1, 0.15) is 31.2 Å². The number of rotatable bonds is 1. The van der Waals surface area contributed by atoms with Crippen LogP contribution in [0.25, 0.3) is 11.1 Å². The third-order valence-electron chi connectivity index (χ3n) is 3.91. The normalized spacial score (nSPS) is 24.6. The largest absolute Gasteiger partial charge is 0.419 e. The van der Waals surface area contributed by atoms with Crippen LogP contribution in [0.2, 0.25) is 0 Å². The van der Waals surface area contributed by atoms with Gasteiger partial charge in [-0.2, -0.15) is 0 Å². The highest BCUT2D eigenvalue weighted by Crippen LogP contribution is 2.29. The van der Waals surface area contributed by atoms with E-state index in [1.54, 1.807) is 11.6 Å². The van der Waals surface area contributed by atoms with Crippen molar-refractivity contribution in [2.45, 2.75) is 31.7 Å². The van der Waals surface area contributed by atoms with Gasteiger partial charge in [0.25, 0.3) is 0 Å². The van der Waals surface area contributed by atoms with Gasteiger partial charge in [-0.25, -0.2) is 4.79 Å². The molecular formula is C14H18N2O2. The molecule has 1 unspecified atom stereocenters. The van der Waals surface area contributed by atoms with Crippen LogP contribution in [0.5, 0.6) is 0 Å². The Bertz CT molecular complexity index is 626. The summed E-state index contributed by atoms with van der Waals surface area (Å²) in [6.45, 7) is 3.27. The predicted octanol–water partition coefficient (Wildman–Crippen LogP) is 1.99. The van der Waals surface area contributed by atoms with Gasteiger partial charge in [-0.3, -0.25) is 4.57 Å². The molecule has 3 rings (SSSR count). The molecule has 1 aromatic carbocycles. The van der Waals surface area contributed by atoms with E-state index in [9.17, 15) is 4.79 Å². The highest BCUT2D eigenvalue weighted by molar-refractivity contribution is 5.73. The van der Waals surface area contributed by atoms with Crippen LogP contribution in [0.4, 0.5) is 0 Å². The molecule has 18 heavy (non-hydrogen) atoms. The lowest BCUT2D eigenvalue weighted by atomic mass is 9.87. The number of aryl methyl sites for hydroxylation is 1. The van der Waals surface area contributed by atoms with Gasteiger partial charge in [0.2, 0.25) is 0 Å². The average Bonchev–Trinajstić information content (AvgIpc) is 2.65.